The molecular weight excluding hydrogens is 220 g/mol. The molecule has 5 nitrogen and oxygen atoms in total. The van der Waals surface area contributed by atoms with Gasteiger partial charge in [0.25, 0.3) is 0 Å². The molecule has 0 atom stereocenters. The smallest absolute Gasteiger partial charge is 0.371 e. The summed E-state index contributed by atoms with van der Waals surface area (Å²) in [6, 6.07) is 11.7. The van der Waals surface area contributed by atoms with Crippen LogP contribution in [0, 0.1) is 11.3 Å². The summed E-state index contributed by atoms with van der Waals surface area (Å²) in [4.78, 5) is 10.6. The summed E-state index contributed by atoms with van der Waals surface area (Å²) in [5, 5.41) is 20.3. The van der Waals surface area contributed by atoms with Gasteiger partial charge in [0.05, 0.1) is 11.6 Å². The van der Waals surface area contributed by atoms with Crippen LogP contribution >= 0.6 is 0 Å². The molecule has 0 bridgehead atoms. The van der Waals surface area contributed by atoms with E-state index >= 15 is 0 Å². The molecule has 0 radical (unpaired) electrons. The minimum absolute atomic E-state index is 0.135. The molecule has 1 aromatic carbocycles. The lowest BCUT2D eigenvalue weighted by Gasteiger charge is -2.02. The molecule has 0 fully saturated rings. The average Bonchev–Trinajstić information content (AvgIpc) is 2.78. The number of hydrogen-bond donors (Lipinski definition) is 2. The molecule has 0 aliphatic rings. The van der Waals surface area contributed by atoms with Crippen molar-refractivity contribution in [3.63, 3.8) is 0 Å². The molecular formula is C12H8N2O3. The highest BCUT2D eigenvalue weighted by atomic mass is 16.4. The molecule has 0 unspecified atom stereocenters. The molecule has 5 heteroatoms. The molecule has 84 valence electrons. The van der Waals surface area contributed by atoms with Gasteiger partial charge in [-0.05, 0) is 24.3 Å². The number of furan rings is 1. The second-order valence-electron chi connectivity index (χ2n) is 3.29. The Hall–Kier alpha value is -2.74. The lowest BCUT2D eigenvalue weighted by atomic mass is 10.2. The fourth-order valence-corrected chi connectivity index (χ4v) is 1.33. The molecule has 1 aromatic heterocycles. The van der Waals surface area contributed by atoms with Gasteiger partial charge in [-0.25, -0.2) is 4.79 Å². The first-order valence-electron chi connectivity index (χ1n) is 4.79. The maximum Gasteiger partial charge on any atom is 0.371 e. The van der Waals surface area contributed by atoms with Crippen molar-refractivity contribution >= 4 is 17.5 Å². The van der Waals surface area contributed by atoms with Crippen LogP contribution in [-0.4, -0.2) is 11.1 Å². The topological polar surface area (TPSA) is 86.3 Å². The standard InChI is InChI=1S/C12H8N2O3/c13-7-8-2-1-3-9(6-8)14-11-5-4-10(17-11)12(15)16/h1-6,14H,(H,15,16). The van der Waals surface area contributed by atoms with E-state index in [1.807, 2.05) is 6.07 Å². The van der Waals surface area contributed by atoms with Crippen molar-refractivity contribution in [2.45, 2.75) is 0 Å². The predicted molar refractivity (Wildman–Crippen MR) is 60.1 cm³/mol. The average molecular weight is 228 g/mol. The van der Waals surface area contributed by atoms with Gasteiger partial charge >= 0.3 is 5.97 Å². The van der Waals surface area contributed by atoms with E-state index in [0.717, 1.165) is 0 Å². The van der Waals surface area contributed by atoms with Crippen molar-refractivity contribution in [2.75, 3.05) is 5.32 Å². The van der Waals surface area contributed by atoms with Crippen molar-refractivity contribution in [3.05, 3.63) is 47.7 Å². The Bertz CT molecular complexity index is 596. The van der Waals surface area contributed by atoms with Crippen molar-refractivity contribution in [2.24, 2.45) is 0 Å². The van der Waals surface area contributed by atoms with Crippen molar-refractivity contribution in [1.82, 2.24) is 0 Å². The third kappa shape index (κ3) is 2.44. The summed E-state index contributed by atoms with van der Waals surface area (Å²) in [7, 11) is 0. The van der Waals surface area contributed by atoms with Crippen molar-refractivity contribution in [1.29, 1.82) is 5.26 Å². The Labute approximate surface area is 96.9 Å². The number of anilines is 2. The van der Waals surface area contributed by atoms with Crippen molar-refractivity contribution < 1.29 is 14.3 Å². The molecule has 0 saturated heterocycles. The van der Waals surface area contributed by atoms with E-state index in [9.17, 15) is 4.79 Å². The molecule has 0 amide bonds. The Morgan fingerprint density at radius 2 is 2.18 bits per heavy atom. The molecule has 2 aromatic rings. The Kier molecular flexibility index (Phi) is 2.79. The molecule has 1 heterocycles. The Morgan fingerprint density at radius 3 is 2.82 bits per heavy atom. The minimum Gasteiger partial charge on any atom is -0.475 e. The zero-order valence-corrected chi connectivity index (χ0v) is 8.68. The Balaban J connectivity index is 2.19. The number of carboxylic acids is 1. The van der Waals surface area contributed by atoms with E-state index in [1.54, 1.807) is 24.3 Å². The van der Waals surface area contributed by atoms with E-state index in [2.05, 4.69) is 5.32 Å². The number of nitrogens with zero attached hydrogens (tertiary/aromatic N) is 1. The maximum atomic E-state index is 10.6. The van der Waals surface area contributed by atoms with Gasteiger partial charge in [-0.1, -0.05) is 6.07 Å². The van der Waals surface area contributed by atoms with E-state index in [4.69, 9.17) is 14.8 Å². The molecule has 0 aliphatic heterocycles. The first kappa shape index (κ1) is 10.8. The van der Waals surface area contributed by atoms with Crippen LogP contribution in [0.5, 0.6) is 0 Å². The van der Waals surface area contributed by atoms with Gasteiger partial charge in [-0.2, -0.15) is 5.26 Å². The highest BCUT2D eigenvalue weighted by molar-refractivity contribution is 5.85. The summed E-state index contributed by atoms with van der Waals surface area (Å²) in [5.74, 6) is -0.940. The van der Waals surface area contributed by atoms with E-state index in [0.29, 0.717) is 17.1 Å². The largest absolute Gasteiger partial charge is 0.475 e. The Morgan fingerprint density at radius 1 is 1.35 bits per heavy atom. The second kappa shape index (κ2) is 4.41. The number of hydrogen-bond acceptors (Lipinski definition) is 4. The van der Waals surface area contributed by atoms with Crippen LogP contribution < -0.4 is 5.32 Å². The van der Waals surface area contributed by atoms with Gasteiger partial charge in [0.1, 0.15) is 0 Å². The predicted octanol–water partition coefficient (Wildman–Crippen LogP) is 2.59. The number of carbonyl (C=O) groups is 1. The normalized spacial score (nSPS) is 9.59. The quantitative estimate of drug-likeness (QED) is 0.843. The summed E-state index contributed by atoms with van der Waals surface area (Å²) >= 11 is 0. The van der Waals surface area contributed by atoms with E-state index in [-0.39, 0.29) is 5.76 Å². The molecule has 2 N–H and O–H groups in total. The van der Waals surface area contributed by atoms with Gasteiger partial charge < -0.3 is 14.8 Å². The third-order valence-corrected chi connectivity index (χ3v) is 2.08. The third-order valence-electron chi connectivity index (χ3n) is 2.08. The van der Waals surface area contributed by atoms with Gasteiger partial charge in [0, 0.05) is 11.8 Å². The van der Waals surface area contributed by atoms with Crippen LogP contribution in [0.25, 0.3) is 0 Å². The van der Waals surface area contributed by atoms with Crippen LogP contribution in [0.3, 0.4) is 0 Å². The van der Waals surface area contributed by atoms with Crippen LogP contribution in [0.4, 0.5) is 11.6 Å². The number of benzene rings is 1. The first-order valence-corrected chi connectivity index (χ1v) is 4.79. The monoisotopic (exact) mass is 228 g/mol. The summed E-state index contributed by atoms with van der Waals surface area (Å²) < 4.78 is 5.03. The lowest BCUT2D eigenvalue weighted by Crippen LogP contribution is -1.92. The summed E-state index contributed by atoms with van der Waals surface area (Å²) in [5.41, 5.74) is 1.18. The van der Waals surface area contributed by atoms with Crippen LogP contribution in [0.2, 0.25) is 0 Å². The van der Waals surface area contributed by atoms with Crippen LogP contribution in [0.1, 0.15) is 16.1 Å². The first-order chi connectivity index (χ1) is 8.19. The summed E-state index contributed by atoms with van der Waals surface area (Å²) in [6.45, 7) is 0. The number of carboxylic acid groups (broad SMARTS) is 1. The number of nitriles is 1. The molecule has 0 spiro atoms. The van der Waals surface area contributed by atoms with Gasteiger partial charge in [-0.15, -0.1) is 0 Å². The highest BCUT2D eigenvalue weighted by Crippen LogP contribution is 2.20. The SMILES string of the molecule is N#Cc1cccc(Nc2ccc(C(=O)O)o2)c1. The van der Waals surface area contributed by atoms with Gasteiger partial charge in [-0.3, -0.25) is 0 Å². The molecule has 2 rings (SSSR count). The maximum absolute atomic E-state index is 10.6. The molecule has 17 heavy (non-hydrogen) atoms. The zero-order valence-electron chi connectivity index (χ0n) is 8.68. The number of nitrogens with one attached hydrogen (secondary N) is 1. The number of aromatic carboxylic acids is 1. The van der Waals surface area contributed by atoms with E-state index < -0.39 is 5.97 Å². The van der Waals surface area contributed by atoms with Crippen LogP contribution in [-0.2, 0) is 0 Å². The molecule has 0 saturated carbocycles. The van der Waals surface area contributed by atoms with Gasteiger partial charge in [0.15, 0.2) is 5.88 Å². The summed E-state index contributed by atoms with van der Waals surface area (Å²) in [6.07, 6.45) is 0. The fraction of sp³-hybridized carbons (Fsp3) is 0. The molecule has 0 aliphatic carbocycles. The minimum atomic E-state index is -1.12. The van der Waals surface area contributed by atoms with Crippen LogP contribution in [0.15, 0.2) is 40.8 Å². The van der Waals surface area contributed by atoms with Crippen molar-refractivity contribution in [3.8, 4) is 6.07 Å². The number of rotatable bonds is 3. The van der Waals surface area contributed by atoms with E-state index in [1.165, 1.54) is 12.1 Å². The second-order valence-corrected chi connectivity index (χ2v) is 3.29. The van der Waals surface area contributed by atoms with Gasteiger partial charge in [0.2, 0.25) is 5.76 Å². The zero-order chi connectivity index (χ0) is 12.3. The fourth-order valence-electron chi connectivity index (χ4n) is 1.33. The lowest BCUT2D eigenvalue weighted by molar-refractivity contribution is 0.0663. The highest BCUT2D eigenvalue weighted by Gasteiger charge is 2.08.